The van der Waals surface area contributed by atoms with Crippen LogP contribution in [0.25, 0.3) is 0 Å². The van der Waals surface area contributed by atoms with Gasteiger partial charge in [0.25, 0.3) is 5.91 Å². The highest BCUT2D eigenvalue weighted by atomic mass is 19.4. The number of carbonyl (C=O) groups excluding carboxylic acids is 1. The van der Waals surface area contributed by atoms with Gasteiger partial charge in [-0.25, -0.2) is 0 Å². The number of aliphatic hydroxyl groups is 1. The summed E-state index contributed by atoms with van der Waals surface area (Å²) in [7, 11) is 0. The van der Waals surface area contributed by atoms with Crippen molar-refractivity contribution in [3.63, 3.8) is 0 Å². The molecule has 4 nitrogen and oxygen atoms in total. The molecular formula is C11H13F3N2O2. The summed E-state index contributed by atoms with van der Waals surface area (Å²) in [6, 6.07) is 2.82. The number of aryl methyl sites for hydroxylation is 1. The Morgan fingerprint density at radius 3 is 2.61 bits per heavy atom. The van der Waals surface area contributed by atoms with Crippen LogP contribution in [-0.4, -0.2) is 34.3 Å². The molecule has 1 aromatic heterocycles. The Kier molecular flexibility index (Phi) is 3.95. The molecule has 1 unspecified atom stereocenters. The molecule has 1 atom stereocenters. The average molecular weight is 262 g/mol. The first-order chi connectivity index (χ1) is 8.13. The molecule has 1 heterocycles. The maximum Gasteiger partial charge on any atom is 0.418 e. The molecule has 0 spiro atoms. The van der Waals surface area contributed by atoms with Gasteiger partial charge in [-0.2, -0.15) is 13.2 Å². The first kappa shape index (κ1) is 14.4. The molecule has 1 amide bonds. The van der Waals surface area contributed by atoms with E-state index in [-0.39, 0.29) is 5.56 Å². The summed E-state index contributed by atoms with van der Waals surface area (Å²) in [6.07, 6.45) is -3.42. The summed E-state index contributed by atoms with van der Waals surface area (Å²) in [5, 5.41) is 11.2. The number of carbonyl (C=O) groups is 1. The van der Waals surface area contributed by atoms with Gasteiger partial charge in [0.05, 0.1) is 6.54 Å². The van der Waals surface area contributed by atoms with Gasteiger partial charge in [0, 0.05) is 17.5 Å². The largest absolute Gasteiger partial charge is 0.418 e. The van der Waals surface area contributed by atoms with Crippen LogP contribution >= 0.6 is 0 Å². The monoisotopic (exact) mass is 262 g/mol. The van der Waals surface area contributed by atoms with Crippen molar-refractivity contribution in [2.45, 2.75) is 25.6 Å². The van der Waals surface area contributed by atoms with Gasteiger partial charge < -0.3 is 10.4 Å². The van der Waals surface area contributed by atoms with E-state index in [2.05, 4.69) is 4.98 Å². The average Bonchev–Trinajstić information content (AvgIpc) is 2.24. The molecule has 7 heteroatoms. The van der Waals surface area contributed by atoms with Crippen molar-refractivity contribution < 1.29 is 23.1 Å². The van der Waals surface area contributed by atoms with Crippen molar-refractivity contribution >= 4 is 5.91 Å². The van der Waals surface area contributed by atoms with Gasteiger partial charge in [-0.1, -0.05) is 0 Å². The Balaban J connectivity index is 2.68. The first-order valence-electron chi connectivity index (χ1n) is 5.13. The van der Waals surface area contributed by atoms with Gasteiger partial charge in [0.15, 0.2) is 5.60 Å². The van der Waals surface area contributed by atoms with Gasteiger partial charge >= 0.3 is 6.18 Å². The van der Waals surface area contributed by atoms with Crippen LogP contribution in [0.5, 0.6) is 0 Å². The number of nitrogens with zero attached hydrogens (tertiary/aromatic N) is 1. The minimum Gasteiger partial charge on any atom is -0.379 e. The molecule has 1 aromatic rings. The second-order valence-corrected chi connectivity index (χ2v) is 4.14. The Morgan fingerprint density at radius 2 is 2.11 bits per heavy atom. The molecule has 0 aliphatic heterocycles. The van der Waals surface area contributed by atoms with E-state index < -0.39 is 24.2 Å². The minimum absolute atomic E-state index is 0.195. The zero-order chi connectivity index (χ0) is 14.0. The van der Waals surface area contributed by atoms with Crippen molar-refractivity contribution in [3.8, 4) is 0 Å². The molecule has 100 valence electrons. The van der Waals surface area contributed by atoms with E-state index in [4.69, 9.17) is 5.11 Å². The quantitative estimate of drug-likeness (QED) is 0.866. The molecule has 0 fully saturated rings. The first-order valence-corrected chi connectivity index (χ1v) is 5.13. The molecule has 2 N–H and O–H groups in total. The van der Waals surface area contributed by atoms with Gasteiger partial charge in [0.2, 0.25) is 0 Å². The van der Waals surface area contributed by atoms with Crippen molar-refractivity contribution in [3.05, 3.63) is 29.6 Å². The number of nitrogens with one attached hydrogen (secondary N) is 1. The molecule has 1 rings (SSSR count). The lowest BCUT2D eigenvalue weighted by Gasteiger charge is -2.26. The topological polar surface area (TPSA) is 62.2 Å². The smallest absolute Gasteiger partial charge is 0.379 e. The number of rotatable bonds is 3. The van der Waals surface area contributed by atoms with Gasteiger partial charge in [-0.3, -0.25) is 9.78 Å². The molecule has 0 aliphatic rings. The SMILES string of the molecule is Cc1cc(C(=O)NCC(C)(O)C(F)(F)F)ccn1. The Hall–Kier alpha value is -1.63. The van der Waals surface area contributed by atoms with Crippen molar-refractivity contribution in [2.75, 3.05) is 6.54 Å². The molecule has 18 heavy (non-hydrogen) atoms. The van der Waals surface area contributed by atoms with E-state index >= 15 is 0 Å². The Labute approximate surface area is 102 Å². The summed E-state index contributed by atoms with van der Waals surface area (Å²) in [5.74, 6) is -0.690. The Bertz CT molecular complexity index is 444. The zero-order valence-corrected chi connectivity index (χ0v) is 9.88. The standard InChI is InChI=1S/C11H13F3N2O2/c1-7-5-8(3-4-15-7)9(17)16-6-10(2,18)11(12,13)14/h3-5,18H,6H2,1-2H3,(H,16,17). The minimum atomic E-state index is -4.80. The number of aromatic nitrogens is 1. The predicted octanol–water partition coefficient (Wildman–Crippen LogP) is 1.43. The third-order valence-electron chi connectivity index (χ3n) is 2.36. The third-order valence-corrected chi connectivity index (χ3v) is 2.36. The van der Waals surface area contributed by atoms with E-state index in [0.29, 0.717) is 12.6 Å². The summed E-state index contributed by atoms with van der Waals surface area (Å²) in [4.78, 5) is 15.4. The molecular weight excluding hydrogens is 249 g/mol. The van der Waals surface area contributed by atoms with Gasteiger partial charge in [-0.15, -0.1) is 0 Å². The lowest BCUT2D eigenvalue weighted by atomic mass is 10.1. The number of hydrogen-bond acceptors (Lipinski definition) is 3. The van der Waals surface area contributed by atoms with E-state index in [9.17, 15) is 18.0 Å². The lowest BCUT2D eigenvalue weighted by Crippen LogP contribution is -2.51. The maximum absolute atomic E-state index is 12.3. The fraction of sp³-hybridized carbons (Fsp3) is 0.455. The van der Waals surface area contributed by atoms with Gasteiger partial charge in [0.1, 0.15) is 0 Å². The van der Waals surface area contributed by atoms with Crippen molar-refractivity contribution in [2.24, 2.45) is 0 Å². The van der Waals surface area contributed by atoms with Crippen molar-refractivity contribution in [1.29, 1.82) is 0 Å². The zero-order valence-electron chi connectivity index (χ0n) is 9.88. The van der Waals surface area contributed by atoms with E-state index in [1.54, 1.807) is 6.92 Å². The number of pyridine rings is 1. The van der Waals surface area contributed by atoms with Crippen LogP contribution in [0.15, 0.2) is 18.3 Å². The van der Waals surface area contributed by atoms with Gasteiger partial charge in [-0.05, 0) is 26.0 Å². The molecule has 0 saturated heterocycles. The number of amides is 1. The lowest BCUT2D eigenvalue weighted by molar-refractivity contribution is -0.249. The molecule has 0 bridgehead atoms. The van der Waals surface area contributed by atoms with Crippen LogP contribution in [-0.2, 0) is 0 Å². The molecule has 0 saturated carbocycles. The highest BCUT2D eigenvalue weighted by Crippen LogP contribution is 2.29. The van der Waals surface area contributed by atoms with Crippen LogP contribution in [0.1, 0.15) is 23.0 Å². The highest BCUT2D eigenvalue weighted by Gasteiger charge is 2.49. The second-order valence-electron chi connectivity index (χ2n) is 4.14. The van der Waals surface area contributed by atoms with Crippen LogP contribution in [0.4, 0.5) is 13.2 Å². The van der Waals surface area contributed by atoms with E-state index in [0.717, 1.165) is 0 Å². The maximum atomic E-state index is 12.3. The third kappa shape index (κ3) is 3.43. The van der Waals surface area contributed by atoms with E-state index in [1.807, 2.05) is 5.32 Å². The number of halogens is 3. The fourth-order valence-corrected chi connectivity index (χ4v) is 1.14. The van der Waals surface area contributed by atoms with Crippen LogP contribution < -0.4 is 5.32 Å². The van der Waals surface area contributed by atoms with Crippen LogP contribution in [0, 0.1) is 6.92 Å². The predicted molar refractivity (Wildman–Crippen MR) is 58.0 cm³/mol. The fourth-order valence-electron chi connectivity index (χ4n) is 1.14. The highest BCUT2D eigenvalue weighted by molar-refractivity contribution is 5.94. The summed E-state index contributed by atoms with van der Waals surface area (Å²) in [5.41, 5.74) is -2.18. The summed E-state index contributed by atoms with van der Waals surface area (Å²) >= 11 is 0. The van der Waals surface area contributed by atoms with Crippen LogP contribution in [0.3, 0.4) is 0 Å². The van der Waals surface area contributed by atoms with Crippen LogP contribution in [0.2, 0.25) is 0 Å². The summed E-state index contributed by atoms with van der Waals surface area (Å²) in [6.45, 7) is 1.35. The van der Waals surface area contributed by atoms with E-state index in [1.165, 1.54) is 18.3 Å². The van der Waals surface area contributed by atoms with Crippen molar-refractivity contribution in [1.82, 2.24) is 10.3 Å². The molecule has 0 aliphatic carbocycles. The second kappa shape index (κ2) is 4.93. The summed E-state index contributed by atoms with van der Waals surface area (Å²) < 4.78 is 37.0. The molecule has 0 aromatic carbocycles. The normalized spacial score (nSPS) is 15.0. The Morgan fingerprint density at radius 1 is 1.50 bits per heavy atom. The number of hydrogen-bond donors (Lipinski definition) is 2. The number of alkyl halides is 3. The molecule has 0 radical (unpaired) electrons.